The number of rotatable bonds is 6. The minimum Gasteiger partial charge on any atom is -0.375 e. The number of nitrogens with one attached hydrogen (secondary N) is 2. The Bertz CT molecular complexity index is 1100. The molecule has 1 aliphatic rings. The van der Waals surface area contributed by atoms with Gasteiger partial charge in [0.2, 0.25) is 5.91 Å². The summed E-state index contributed by atoms with van der Waals surface area (Å²) in [5.41, 5.74) is 4.69. The van der Waals surface area contributed by atoms with Crippen LogP contribution in [0, 0.1) is 6.92 Å². The first-order valence-electron chi connectivity index (χ1n) is 10.0. The minimum atomic E-state index is -0.186. The van der Waals surface area contributed by atoms with E-state index < -0.39 is 0 Å². The predicted molar refractivity (Wildman–Crippen MR) is 125 cm³/mol. The molecule has 0 saturated carbocycles. The highest BCUT2D eigenvalue weighted by molar-refractivity contribution is 7.80. The van der Waals surface area contributed by atoms with Gasteiger partial charge in [0.1, 0.15) is 12.6 Å². The second-order valence-corrected chi connectivity index (χ2v) is 7.91. The van der Waals surface area contributed by atoms with Crippen molar-refractivity contribution < 1.29 is 9.53 Å². The zero-order valence-corrected chi connectivity index (χ0v) is 18.5. The van der Waals surface area contributed by atoms with E-state index in [9.17, 15) is 4.79 Å². The van der Waals surface area contributed by atoms with Gasteiger partial charge in [0, 0.05) is 43.6 Å². The number of carbonyl (C=O) groups excluding carboxylic acids is 1. The Balaban J connectivity index is 1.72. The first kappa shape index (κ1) is 21.0. The van der Waals surface area contributed by atoms with E-state index in [0.717, 1.165) is 28.3 Å². The average molecular weight is 436 g/mol. The van der Waals surface area contributed by atoms with Crippen LogP contribution in [-0.2, 0) is 16.6 Å². The number of methoxy groups -OCH3 is 1. The molecule has 2 atom stereocenters. The number of hydrogen-bond donors (Lipinski definition) is 2. The van der Waals surface area contributed by atoms with Gasteiger partial charge in [0.25, 0.3) is 0 Å². The summed E-state index contributed by atoms with van der Waals surface area (Å²) >= 11 is 5.77. The molecule has 0 bridgehead atoms. The second kappa shape index (κ2) is 8.87. The lowest BCUT2D eigenvalue weighted by molar-refractivity contribution is -0.119. The van der Waals surface area contributed by atoms with Crippen molar-refractivity contribution in [2.24, 2.45) is 7.05 Å². The summed E-state index contributed by atoms with van der Waals surface area (Å²) < 4.78 is 7.01. The first-order chi connectivity index (χ1) is 15.0. The number of aromatic nitrogens is 2. The van der Waals surface area contributed by atoms with Crippen LogP contribution in [0.1, 0.15) is 29.0 Å². The summed E-state index contributed by atoms with van der Waals surface area (Å²) in [6.07, 6.45) is 3.83. The van der Waals surface area contributed by atoms with Crippen LogP contribution < -0.4 is 15.5 Å². The summed E-state index contributed by atoms with van der Waals surface area (Å²) in [5.74, 6) is -0.186. The normalized spacial score (nSPS) is 18.2. The summed E-state index contributed by atoms with van der Waals surface area (Å²) in [6, 6.07) is 15.8. The molecule has 0 unspecified atom stereocenters. The number of anilines is 2. The van der Waals surface area contributed by atoms with Crippen molar-refractivity contribution in [3.8, 4) is 0 Å². The van der Waals surface area contributed by atoms with Gasteiger partial charge in [-0.15, -0.1) is 0 Å². The van der Waals surface area contributed by atoms with Crippen LogP contribution >= 0.6 is 12.2 Å². The molecule has 7 nitrogen and oxygen atoms in total. The van der Waals surface area contributed by atoms with Crippen molar-refractivity contribution in [3.05, 3.63) is 77.9 Å². The van der Waals surface area contributed by atoms with E-state index in [2.05, 4.69) is 31.2 Å². The Morgan fingerprint density at radius 1 is 1.26 bits per heavy atom. The molecular weight excluding hydrogens is 410 g/mol. The van der Waals surface area contributed by atoms with Crippen molar-refractivity contribution in [3.63, 3.8) is 0 Å². The number of thiocarbonyl (C=S) groups is 1. The van der Waals surface area contributed by atoms with E-state index in [1.54, 1.807) is 6.20 Å². The van der Waals surface area contributed by atoms with Gasteiger partial charge in [-0.3, -0.25) is 9.78 Å². The SMILES string of the molecule is COCC(=O)Nc1ccc(N2C(=S)N[C@H](c3ccccn3)[C@@H]2c2cccn2C)cc1C. The molecule has 1 saturated heterocycles. The molecule has 1 aliphatic heterocycles. The van der Waals surface area contributed by atoms with Crippen molar-refractivity contribution in [2.75, 3.05) is 23.9 Å². The second-order valence-electron chi connectivity index (χ2n) is 7.52. The molecule has 0 aliphatic carbocycles. The molecule has 2 aromatic heterocycles. The smallest absolute Gasteiger partial charge is 0.250 e. The number of ether oxygens (including phenoxy) is 1. The molecule has 3 heterocycles. The van der Waals surface area contributed by atoms with E-state index in [1.165, 1.54) is 7.11 Å². The third kappa shape index (κ3) is 4.17. The van der Waals surface area contributed by atoms with Gasteiger partial charge in [-0.05, 0) is 67.2 Å². The van der Waals surface area contributed by atoms with Crippen LogP contribution in [0.5, 0.6) is 0 Å². The zero-order chi connectivity index (χ0) is 22.0. The van der Waals surface area contributed by atoms with Crippen LogP contribution in [0.4, 0.5) is 11.4 Å². The maximum Gasteiger partial charge on any atom is 0.250 e. The topological polar surface area (TPSA) is 71.4 Å². The monoisotopic (exact) mass is 435 g/mol. The fourth-order valence-corrected chi connectivity index (χ4v) is 4.32. The summed E-state index contributed by atoms with van der Waals surface area (Å²) in [6.45, 7) is 1.98. The molecule has 8 heteroatoms. The summed E-state index contributed by atoms with van der Waals surface area (Å²) in [5, 5.41) is 6.98. The minimum absolute atomic E-state index is 0.0165. The van der Waals surface area contributed by atoms with E-state index in [4.69, 9.17) is 17.0 Å². The Kier molecular flexibility index (Phi) is 6.01. The first-order valence-corrected chi connectivity index (χ1v) is 10.4. The molecule has 2 N–H and O–H groups in total. The van der Waals surface area contributed by atoms with Gasteiger partial charge in [-0.25, -0.2) is 0 Å². The predicted octanol–water partition coefficient (Wildman–Crippen LogP) is 3.49. The number of aryl methyl sites for hydroxylation is 2. The van der Waals surface area contributed by atoms with Crippen molar-refractivity contribution in [2.45, 2.75) is 19.0 Å². The Morgan fingerprint density at radius 2 is 2.10 bits per heavy atom. The summed E-state index contributed by atoms with van der Waals surface area (Å²) in [4.78, 5) is 18.6. The van der Waals surface area contributed by atoms with Crippen LogP contribution in [0.25, 0.3) is 0 Å². The standard InChI is InChI=1S/C23H25N5O2S/c1-15-13-16(9-10-17(15)25-20(29)14-30-3)28-22(19-8-6-12-27(19)2)21(26-23(28)31)18-7-4-5-11-24-18/h4-13,21-22H,14H2,1-3H3,(H,25,29)(H,26,31)/t21-,22+/m1/s1. The molecule has 1 fully saturated rings. The molecule has 1 amide bonds. The van der Waals surface area contributed by atoms with Gasteiger partial charge < -0.3 is 24.8 Å². The van der Waals surface area contributed by atoms with Gasteiger partial charge in [-0.1, -0.05) is 6.07 Å². The molecule has 160 valence electrons. The fourth-order valence-electron chi connectivity index (χ4n) is 3.97. The van der Waals surface area contributed by atoms with Gasteiger partial charge in [0.15, 0.2) is 5.11 Å². The number of benzene rings is 1. The number of pyridine rings is 1. The lowest BCUT2D eigenvalue weighted by Gasteiger charge is -2.29. The van der Waals surface area contributed by atoms with Crippen LogP contribution in [-0.4, -0.2) is 34.3 Å². The maximum absolute atomic E-state index is 11.9. The fraction of sp³-hybridized carbons (Fsp3) is 0.261. The van der Waals surface area contributed by atoms with Crippen molar-refractivity contribution >= 4 is 34.6 Å². The van der Waals surface area contributed by atoms with Crippen molar-refractivity contribution in [1.82, 2.24) is 14.9 Å². The van der Waals surface area contributed by atoms with E-state index >= 15 is 0 Å². The van der Waals surface area contributed by atoms with Gasteiger partial charge in [0.05, 0.1) is 11.7 Å². The summed E-state index contributed by atoms with van der Waals surface area (Å²) in [7, 11) is 3.53. The molecule has 3 aromatic rings. The highest BCUT2D eigenvalue weighted by Gasteiger charge is 2.41. The largest absolute Gasteiger partial charge is 0.375 e. The Morgan fingerprint density at radius 3 is 2.74 bits per heavy atom. The highest BCUT2D eigenvalue weighted by Crippen LogP contribution is 2.42. The molecular formula is C23H25N5O2S. The Labute approximate surface area is 187 Å². The molecule has 1 aromatic carbocycles. The van der Waals surface area contributed by atoms with Crippen molar-refractivity contribution in [1.29, 1.82) is 0 Å². The van der Waals surface area contributed by atoms with E-state index in [-0.39, 0.29) is 24.6 Å². The third-order valence-electron chi connectivity index (χ3n) is 5.42. The highest BCUT2D eigenvalue weighted by atomic mass is 32.1. The maximum atomic E-state index is 11.9. The lowest BCUT2D eigenvalue weighted by atomic mass is 10.0. The molecule has 31 heavy (non-hydrogen) atoms. The number of amides is 1. The number of nitrogens with zero attached hydrogens (tertiary/aromatic N) is 3. The third-order valence-corrected chi connectivity index (χ3v) is 5.74. The molecule has 0 radical (unpaired) electrons. The van der Waals surface area contributed by atoms with Crippen LogP contribution in [0.3, 0.4) is 0 Å². The quantitative estimate of drug-likeness (QED) is 0.578. The molecule has 0 spiro atoms. The molecule has 4 rings (SSSR count). The van der Waals surface area contributed by atoms with E-state index in [0.29, 0.717) is 5.11 Å². The Hall–Kier alpha value is -3.23. The van der Waals surface area contributed by atoms with Gasteiger partial charge >= 0.3 is 0 Å². The lowest BCUT2D eigenvalue weighted by Crippen LogP contribution is -2.30. The van der Waals surface area contributed by atoms with Crippen LogP contribution in [0.2, 0.25) is 0 Å². The number of carbonyl (C=O) groups is 1. The average Bonchev–Trinajstić information content (AvgIpc) is 3.32. The zero-order valence-electron chi connectivity index (χ0n) is 17.7. The van der Waals surface area contributed by atoms with Crippen LogP contribution in [0.15, 0.2) is 60.9 Å². The number of hydrogen-bond acceptors (Lipinski definition) is 4. The van der Waals surface area contributed by atoms with Gasteiger partial charge in [-0.2, -0.15) is 0 Å². The van der Waals surface area contributed by atoms with E-state index in [1.807, 2.05) is 62.6 Å².